The molecule has 0 radical (unpaired) electrons. The molecule has 0 unspecified atom stereocenters. The summed E-state index contributed by atoms with van der Waals surface area (Å²) in [6.45, 7) is 0. The van der Waals surface area contributed by atoms with E-state index in [4.69, 9.17) is 5.73 Å². The van der Waals surface area contributed by atoms with Crippen LogP contribution in [0.4, 0.5) is 5.82 Å². The van der Waals surface area contributed by atoms with Gasteiger partial charge in [0.05, 0.1) is 16.9 Å². The molecule has 0 saturated heterocycles. The van der Waals surface area contributed by atoms with Gasteiger partial charge in [-0.25, -0.2) is 15.0 Å². The SMILES string of the molecule is Nc1cnc(Sc2ncccc2Br)cn1. The predicted octanol–water partition coefficient (Wildman–Crippen LogP) is 2.37. The van der Waals surface area contributed by atoms with Crippen LogP contribution in [-0.4, -0.2) is 15.0 Å². The third-order valence-corrected chi connectivity index (χ3v) is 3.42. The molecule has 0 bridgehead atoms. The van der Waals surface area contributed by atoms with Gasteiger partial charge in [0.2, 0.25) is 0 Å². The van der Waals surface area contributed by atoms with E-state index in [0.29, 0.717) is 5.82 Å². The van der Waals surface area contributed by atoms with Crippen LogP contribution < -0.4 is 5.73 Å². The molecular weight excluding hydrogens is 276 g/mol. The highest BCUT2D eigenvalue weighted by Gasteiger charge is 2.04. The molecule has 2 aromatic heterocycles. The van der Waals surface area contributed by atoms with Crippen LogP contribution in [0.5, 0.6) is 0 Å². The number of nitrogens with zero attached hydrogens (tertiary/aromatic N) is 3. The number of anilines is 1. The van der Waals surface area contributed by atoms with Crippen LogP contribution in [0, 0.1) is 0 Å². The predicted molar refractivity (Wildman–Crippen MR) is 62.5 cm³/mol. The van der Waals surface area contributed by atoms with Gasteiger partial charge in [-0.1, -0.05) is 0 Å². The molecule has 0 fully saturated rings. The highest BCUT2D eigenvalue weighted by atomic mass is 79.9. The fourth-order valence-electron chi connectivity index (χ4n) is 0.924. The summed E-state index contributed by atoms with van der Waals surface area (Å²) in [6.07, 6.45) is 4.89. The molecule has 2 aromatic rings. The fourth-order valence-corrected chi connectivity index (χ4v) is 2.11. The summed E-state index contributed by atoms with van der Waals surface area (Å²) >= 11 is 4.85. The van der Waals surface area contributed by atoms with Gasteiger partial charge in [0, 0.05) is 6.20 Å². The number of rotatable bonds is 2. The number of hydrogen-bond acceptors (Lipinski definition) is 5. The number of halogens is 1. The highest BCUT2D eigenvalue weighted by Crippen LogP contribution is 2.29. The third-order valence-electron chi connectivity index (χ3n) is 1.57. The number of hydrogen-bond donors (Lipinski definition) is 1. The van der Waals surface area contributed by atoms with Crippen molar-refractivity contribution in [2.24, 2.45) is 0 Å². The second kappa shape index (κ2) is 4.59. The fraction of sp³-hybridized carbons (Fsp3) is 0. The first kappa shape index (κ1) is 10.4. The minimum atomic E-state index is 0.416. The topological polar surface area (TPSA) is 64.7 Å². The van der Waals surface area contributed by atoms with E-state index in [9.17, 15) is 0 Å². The molecule has 0 aromatic carbocycles. The van der Waals surface area contributed by atoms with E-state index in [2.05, 4.69) is 30.9 Å². The van der Waals surface area contributed by atoms with Crippen LogP contribution in [-0.2, 0) is 0 Å². The normalized spacial score (nSPS) is 10.2. The molecule has 0 atom stereocenters. The Morgan fingerprint density at radius 1 is 1.20 bits per heavy atom. The summed E-state index contributed by atoms with van der Waals surface area (Å²) in [4.78, 5) is 12.3. The Morgan fingerprint density at radius 3 is 2.73 bits per heavy atom. The Kier molecular flexibility index (Phi) is 3.17. The van der Waals surface area contributed by atoms with Crippen LogP contribution in [0.15, 0.2) is 45.2 Å². The van der Waals surface area contributed by atoms with Crippen molar-refractivity contribution < 1.29 is 0 Å². The van der Waals surface area contributed by atoms with Gasteiger partial charge >= 0.3 is 0 Å². The molecule has 2 heterocycles. The maximum absolute atomic E-state index is 5.44. The summed E-state index contributed by atoms with van der Waals surface area (Å²) in [5.74, 6) is 0.416. The molecule has 2 N–H and O–H groups in total. The summed E-state index contributed by atoms with van der Waals surface area (Å²) < 4.78 is 0.939. The van der Waals surface area contributed by atoms with Gasteiger partial charge in [-0.05, 0) is 39.8 Å². The van der Waals surface area contributed by atoms with Gasteiger partial charge in [0.25, 0.3) is 0 Å². The average molecular weight is 283 g/mol. The molecule has 0 aliphatic carbocycles. The van der Waals surface area contributed by atoms with Crippen LogP contribution >= 0.6 is 27.7 Å². The Hall–Kier alpha value is -1.14. The number of pyridine rings is 1. The highest BCUT2D eigenvalue weighted by molar-refractivity contribution is 9.10. The third kappa shape index (κ3) is 2.66. The first-order valence-corrected chi connectivity index (χ1v) is 5.72. The van der Waals surface area contributed by atoms with Gasteiger partial charge in [0.15, 0.2) is 0 Å². The minimum Gasteiger partial charge on any atom is -0.382 e. The summed E-state index contributed by atoms with van der Waals surface area (Å²) in [5.41, 5.74) is 5.44. The molecule has 76 valence electrons. The molecule has 15 heavy (non-hydrogen) atoms. The van der Waals surface area contributed by atoms with Crippen LogP contribution in [0.25, 0.3) is 0 Å². The van der Waals surface area contributed by atoms with Gasteiger partial charge in [-0.2, -0.15) is 0 Å². The van der Waals surface area contributed by atoms with E-state index >= 15 is 0 Å². The zero-order valence-corrected chi connectivity index (χ0v) is 9.99. The molecule has 2 rings (SSSR count). The van der Waals surface area contributed by atoms with E-state index in [-0.39, 0.29) is 0 Å². The average Bonchev–Trinajstić information content (AvgIpc) is 2.25. The zero-order valence-electron chi connectivity index (χ0n) is 7.59. The van der Waals surface area contributed by atoms with Crippen molar-refractivity contribution in [3.63, 3.8) is 0 Å². The largest absolute Gasteiger partial charge is 0.382 e. The van der Waals surface area contributed by atoms with Crippen molar-refractivity contribution in [2.75, 3.05) is 5.73 Å². The summed E-state index contributed by atoms with van der Waals surface area (Å²) in [7, 11) is 0. The number of nitrogens with two attached hydrogens (primary N) is 1. The Labute approximate surface area is 99.5 Å². The smallest absolute Gasteiger partial charge is 0.141 e. The van der Waals surface area contributed by atoms with E-state index < -0.39 is 0 Å². The number of aromatic nitrogens is 3. The molecular formula is C9H7BrN4S. The molecule has 0 aliphatic heterocycles. The zero-order chi connectivity index (χ0) is 10.7. The Morgan fingerprint density at radius 2 is 2.07 bits per heavy atom. The molecule has 0 spiro atoms. The first-order valence-electron chi connectivity index (χ1n) is 4.11. The molecule has 6 heteroatoms. The quantitative estimate of drug-likeness (QED) is 0.916. The van der Waals surface area contributed by atoms with Gasteiger partial charge in [-0.3, -0.25) is 0 Å². The van der Waals surface area contributed by atoms with Crippen molar-refractivity contribution in [2.45, 2.75) is 10.1 Å². The first-order chi connectivity index (χ1) is 7.25. The van der Waals surface area contributed by atoms with Gasteiger partial charge < -0.3 is 5.73 Å². The monoisotopic (exact) mass is 282 g/mol. The minimum absolute atomic E-state index is 0.416. The maximum Gasteiger partial charge on any atom is 0.141 e. The molecule has 0 amide bonds. The van der Waals surface area contributed by atoms with Crippen LogP contribution in [0.1, 0.15) is 0 Å². The second-order valence-electron chi connectivity index (χ2n) is 2.67. The second-order valence-corrected chi connectivity index (χ2v) is 4.54. The van der Waals surface area contributed by atoms with E-state index in [1.165, 1.54) is 18.0 Å². The lowest BCUT2D eigenvalue weighted by Crippen LogP contribution is -1.91. The summed E-state index contributed by atoms with van der Waals surface area (Å²) in [5, 5.41) is 1.63. The van der Waals surface area contributed by atoms with Gasteiger partial charge in [-0.15, -0.1) is 0 Å². The number of nitrogen functional groups attached to an aromatic ring is 1. The molecule has 0 saturated carbocycles. The lowest BCUT2D eigenvalue weighted by atomic mass is 10.5. The van der Waals surface area contributed by atoms with Crippen molar-refractivity contribution >= 4 is 33.5 Å². The maximum atomic E-state index is 5.44. The van der Waals surface area contributed by atoms with Crippen molar-refractivity contribution in [3.05, 3.63) is 35.2 Å². The van der Waals surface area contributed by atoms with E-state index in [1.807, 2.05) is 12.1 Å². The van der Waals surface area contributed by atoms with Crippen molar-refractivity contribution in [1.82, 2.24) is 15.0 Å². The summed E-state index contributed by atoms with van der Waals surface area (Å²) in [6, 6.07) is 3.79. The Balaban J connectivity index is 2.22. The van der Waals surface area contributed by atoms with E-state index in [1.54, 1.807) is 12.4 Å². The Bertz CT molecular complexity index is 460. The van der Waals surface area contributed by atoms with Crippen molar-refractivity contribution in [1.29, 1.82) is 0 Å². The lowest BCUT2D eigenvalue weighted by Gasteiger charge is -2.01. The van der Waals surface area contributed by atoms with Gasteiger partial charge in [0.1, 0.15) is 15.9 Å². The van der Waals surface area contributed by atoms with E-state index in [0.717, 1.165) is 14.5 Å². The van der Waals surface area contributed by atoms with Crippen LogP contribution in [0.3, 0.4) is 0 Å². The standard InChI is InChI=1S/C9H7BrN4S/c10-6-2-1-3-12-9(6)15-8-5-13-7(11)4-14-8/h1-5H,(H2,11,13). The van der Waals surface area contributed by atoms with Crippen LogP contribution in [0.2, 0.25) is 0 Å². The molecule has 4 nitrogen and oxygen atoms in total. The van der Waals surface area contributed by atoms with Crippen molar-refractivity contribution in [3.8, 4) is 0 Å². The lowest BCUT2D eigenvalue weighted by molar-refractivity contribution is 1.04. The molecule has 0 aliphatic rings.